The molecule has 0 aliphatic heterocycles. The summed E-state index contributed by atoms with van der Waals surface area (Å²) in [6.07, 6.45) is -3.71. The summed E-state index contributed by atoms with van der Waals surface area (Å²) in [5, 5.41) is 1.77. The molecule has 0 aliphatic carbocycles. The van der Waals surface area contributed by atoms with Crippen LogP contribution >= 0.6 is 0 Å². The highest BCUT2D eigenvalue weighted by Gasteiger charge is 2.27. The Kier molecular flexibility index (Phi) is 7.33. The van der Waals surface area contributed by atoms with E-state index in [-0.39, 0.29) is 18.9 Å². The minimum Gasteiger partial charge on any atom is -0.469 e. The lowest BCUT2D eigenvalue weighted by Crippen LogP contribution is -2.40. The third kappa shape index (κ3) is 9.88. The molecule has 1 amide bonds. The van der Waals surface area contributed by atoms with E-state index in [0.717, 1.165) is 0 Å². The molecular formula is C10H17F3N2O3. The first-order chi connectivity index (χ1) is 8.24. The van der Waals surface area contributed by atoms with Crippen molar-refractivity contribution in [3.05, 3.63) is 0 Å². The Labute approximate surface area is 103 Å². The third-order valence-electron chi connectivity index (χ3n) is 2.05. The minimum absolute atomic E-state index is 0.142. The van der Waals surface area contributed by atoms with Crippen molar-refractivity contribution < 1.29 is 27.5 Å². The first-order valence-electron chi connectivity index (χ1n) is 5.33. The number of methoxy groups -OCH3 is 1. The number of rotatable bonds is 7. The van der Waals surface area contributed by atoms with E-state index in [4.69, 9.17) is 0 Å². The lowest BCUT2D eigenvalue weighted by Gasteiger charge is -2.16. The molecule has 0 saturated carbocycles. The number of ether oxygens (including phenoxy) is 1. The highest BCUT2D eigenvalue weighted by molar-refractivity contribution is 5.78. The van der Waals surface area contributed by atoms with E-state index < -0.39 is 18.6 Å². The van der Waals surface area contributed by atoms with Crippen LogP contribution < -0.4 is 5.32 Å². The summed E-state index contributed by atoms with van der Waals surface area (Å²) in [5.41, 5.74) is 0. The van der Waals surface area contributed by atoms with Gasteiger partial charge >= 0.3 is 12.1 Å². The van der Waals surface area contributed by atoms with Crippen LogP contribution in [-0.2, 0) is 14.3 Å². The van der Waals surface area contributed by atoms with Gasteiger partial charge in [-0.15, -0.1) is 0 Å². The topological polar surface area (TPSA) is 58.6 Å². The number of amides is 1. The standard InChI is InChI=1S/C10H17F3N2O3/c1-15(5-3-4-9(17)18-2)6-8(16)14-7-10(11,12)13/h3-7H2,1-2H3,(H,14,16). The number of carbonyl (C=O) groups excluding carboxylic acids is 2. The van der Waals surface area contributed by atoms with Crippen molar-refractivity contribution in [2.45, 2.75) is 19.0 Å². The largest absolute Gasteiger partial charge is 0.469 e. The average molecular weight is 270 g/mol. The Morgan fingerprint density at radius 1 is 1.33 bits per heavy atom. The molecule has 0 fully saturated rings. The van der Waals surface area contributed by atoms with Crippen LogP contribution in [0.25, 0.3) is 0 Å². The maximum absolute atomic E-state index is 11.8. The molecule has 0 rings (SSSR count). The Bertz CT molecular complexity index is 282. The predicted molar refractivity (Wildman–Crippen MR) is 57.8 cm³/mol. The maximum Gasteiger partial charge on any atom is 0.405 e. The number of nitrogens with one attached hydrogen (secondary N) is 1. The summed E-state index contributed by atoms with van der Waals surface area (Å²) in [6, 6.07) is 0. The number of halogens is 3. The van der Waals surface area contributed by atoms with E-state index in [9.17, 15) is 22.8 Å². The molecule has 0 heterocycles. The fourth-order valence-electron chi connectivity index (χ4n) is 1.17. The Morgan fingerprint density at radius 2 is 1.94 bits per heavy atom. The molecule has 8 heteroatoms. The lowest BCUT2D eigenvalue weighted by atomic mass is 10.3. The van der Waals surface area contributed by atoms with Gasteiger partial charge in [-0.25, -0.2) is 0 Å². The second kappa shape index (κ2) is 7.91. The van der Waals surface area contributed by atoms with E-state index in [2.05, 4.69) is 4.74 Å². The quantitative estimate of drug-likeness (QED) is 0.686. The fourth-order valence-corrected chi connectivity index (χ4v) is 1.17. The van der Waals surface area contributed by atoms with Crippen LogP contribution in [0.1, 0.15) is 12.8 Å². The third-order valence-corrected chi connectivity index (χ3v) is 2.05. The van der Waals surface area contributed by atoms with Gasteiger partial charge < -0.3 is 10.1 Å². The second-order valence-corrected chi connectivity index (χ2v) is 3.81. The first-order valence-corrected chi connectivity index (χ1v) is 5.33. The molecule has 0 unspecified atom stereocenters. The molecule has 5 nitrogen and oxygen atoms in total. The van der Waals surface area contributed by atoms with Crippen LogP contribution in [0.2, 0.25) is 0 Å². The van der Waals surface area contributed by atoms with E-state index in [0.29, 0.717) is 13.0 Å². The fraction of sp³-hybridized carbons (Fsp3) is 0.800. The summed E-state index contributed by atoms with van der Waals surface area (Å²) in [4.78, 5) is 23.4. The number of likely N-dealkylation sites (N-methyl/N-ethyl adjacent to an activating group) is 1. The van der Waals surface area contributed by atoms with Gasteiger partial charge in [0.2, 0.25) is 5.91 Å². The molecule has 0 aromatic heterocycles. The summed E-state index contributed by atoms with van der Waals surface area (Å²) in [7, 11) is 2.86. The Morgan fingerprint density at radius 3 is 2.44 bits per heavy atom. The van der Waals surface area contributed by atoms with Crippen LogP contribution in [0.4, 0.5) is 13.2 Å². The molecule has 0 saturated heterocycles. The van der Waals surface area contributed by atoms with Crippen LogP contribution in [0.5, 0.6) is 0 Å². The monoisotopic (exact) mass is 270 g/mol. The van der Waals surface area contributed by atoms with Crippen molar-refractivity contribution in [3.63, 3.8) is 0 Å². The Balaban J connectivity index is 3.71. The molecule has 0 spiro atoms. The van der Waals surface area contributed by atoms with Crippen LogP contribution in [0.3, 0.4) is 0 Å². The van der Waals surface area contributed by atoms with Gasteiger partial charge in [-0.1, -0.05) is 0 Å². The maximum atomic E-state index is 11.8. The number of alkyl halides is 3. The van der Waals surface area contributed by atoms with Gasteiger partial charge in [-0.2, -0.15) is 13.2 Å². The van der Waals surface area contributed by atoms with Gasteiger partial charge in [0.25, 0.3) is 0 Å². The molecule has 106 valence electrons. The smallest absolute Gasteiger partial charge is 0.405 e. The molecular weight excluding hydrogens is 253 g/mol. The zero-order valence-electron chi connectivity index (χ0n) is 10.3. The number of nitrogens with zero attached hydrogens (tertiary/aromatic N) is 1. The van der Waals surface area contributed by atoms with E-state index in [1.54, 1.807) is 12.4 Å². The van der Waals surface area contributed by atoms with Gasteiger partial charge in [0.1, 0.15) is 6.54 Å². The lowest BCUT2D eigenvalue weighted by molar-refractivity contribution is -0.141. The highest BCUT2D eigenvalue weighted by Crippen LogP contribution is 2.11. The van der Waals surface area contributed by atoms with Crippen LogP contribution in [0, 0.1) is 0 Å². The number of esters is 1. The number of hydrogen-bond acceptors (Lipinski definition) is 4. The molecule has 0 aromatic rings. The van der Waals surface area contributed by atoms with Crippen molar-refractivity contribution in [2.24, 2.45) is 0 Å². The molecule has 0 aliphatic rings. The molecule has 0 aromatic carbocycles. The average Bonchev–Trinajstić information content (AvgIpc) is 2.25. The molecule has 0 atom stereocenters. The van der Waals surface area contributed by atoms with Gasteiger partial charge in [-0.05, 0) is 20.0 Å². The normalized spacial score (nSPS) is 11.4. The second-order valence-electron chi connectivity index (χ2n) is 3.81. The van der Waals surface area contributed by atoms with Gasteiger partial charge in [0, 0.05) is 6.42 Å². The summed E-state index contributed by atoms with van der Waals surface area (Å²) < 4.78 is 39.8. The summed E-state index contributed by atoms with van der Waals surface area (Å²) in [6.45, 7) is -1.05. The molecule has 0 bridgehead atoms. The van der Waals surface area contributed by atoms with Crippen molar-refractivity contribution in [1.29, 1.82) is 0 Å². The predicted octanol–water partition coefficient (Wildman–Crippen LogP) is 0.550. The zero-order valence-corrected chi connectivity index (χ0v) is 10.3. The molecule has 1 N–H and O–H groups in total. The van der Waals surface area contributed by atoms with Crippen LogP contribution in [-0.4, -0.2) is 56.7 Å². The number of carbonyl (C=O) groups is 2. The van der Waals surface area contributed by atoms with Crippen LogP contribution in [0.15, 0.2) is 0 Å². The number of hydrogen-bond donors (Lipinski definition) is 1. The van der Waals surface area contributed by atoms with Crippen molar-refractivity contribution in [1.82, 2.24) is 10.2 Å². The van der Waals surface area contributed by atoms with Crippen molar-refractivity contribution >= 4 is 11.9 Å². The zero-order chi connectivity index (χ0) is 14.2. The summed E-state index contributed by atoms with van der Waals surface area (Å²) >= 11 is 0. The molecule has 0 radical (unpaired) electrons. The van der Waals surface area contributed by atoms with Crippen molar-refractivity contribution in [2.75, 3.05) is 33.8 Å². The van der Waals surface area contributed by atoms with Crippen molar-refractivity contribution in [3.8, 4) is 0 Å². The minimum atomic E-state index is -4.40. The van der Waals surface area contributed by atoms with Gasteiger partial charge in [0.05, 0.1) is 13.7 Å². The first kappa shape index (κ1) is 16.7. The van der Waals surface area contributed by atoms with Gasteiger partial charge in [0.15, 0.2) is 0 Å². The van der Waals surface area contributed by atoms with E-state index in [1.807, 2.05) is 0 Å². The summed E-state index contributed by atoms with van der Waals surface area (Å²) in [5.74, 6) is -1.06. The molecule has 18 heavy (non-hydrogen) atoms. The van der Waals surface area contributed by atoms with E-state index in [1.165, 1.54) is 12.0 Å². The van der Waals surface area contributed by atoms with Gasteiger partial charge in [-0.3, -0.25) is 14.5 Å². The van der Waals surface area contributed by atoms with E-state index >= 15 is 0 Å². The SMILES string of the molecule is COC(=O)CCCN(C)CC(=O)NCC(F)(F)F. The Hall–Kier alpha value is -1.31. The highest BCUT2D eigenvalue weighted by atomic mass is 19.4.